The second-order valence-corrected chi connectivity index (χ2v) is 9.79. The number of thioether (sulfide) groups is 1. The molecule has 0 radical (unpaired) electrons. The van der Waals surface area contributed by atoms with Crippen LogP contribution in [0.1, 0.15) is 66.2 Å². The first-order chi connectivity index (χ1) is 9.80. The van der Waals surface area contributed by atoms with Gasteiger partial charge in [-0.1, -0.05) is 27.7 Å². The van der Waals surface area contributed by atoms with Gasteiger partial charge in [0.15, 0.2) is 0 Å². The van der Waals surface area contributed by atoms with Gasteiger partial charge < -0.3 is 9.84 Å². The lowest BCUT2D eigenvalue weighted by Gasteiger charge is -2.44. The summed E-state index contributed by atoms with van der Waals surface area (Å²) in [4.78, 5) is 0. The first kappa shape index (κ1) is 17.6. The van der Waals surface area contributed by atoms with E-state index in [1.807, 2.05) is 11.8 Å². The quantitative estimate of drug-likeness (QED) is 0.828. The Kier molecular flexibility index (Phi) is 6.07. The summed E-state index contributed by atoms with van der Waals surface area (Å²) in [5, 5.41) is 10.7. The average Bonchev–Trinajstić information content (AvgIpc) is 2.37. The maximum Gasteiger partial charge on any atom is 0.0701 e. The third-order valence-electron chi connectivity index (χ3n) is 5.08. The molecule has 21 heavy (non-hydrogen) atoms. The van der Waals surface area contributed by atoms with E-state index in [9.17, 15) is 5.11 Å². The molecule has 0 bridgehead atoms. The molecule has 2 heterocycles. The summed E-state index contributed by atoms with van der Waals surface area (Å²) in [7, 11) is 0. The van der Waals surface area contributed by atoms with Crippen molar-refractivity contribution in [1.29, 1.82) is 0 Å². The van der Waals surface area contributed by atoms with Crippen LogP contribution in [0.5, 0.6) is 0 Å². The normalized spacial score (nSPS) is 29.3. The van der Waals surface area contributed by atoms with Crippen molar-refractivity contribution in [2.24, 2.45) is 17.3 Å². The van der Waals surface area contributed by atoms with Crippen LogP contribution in [-0.4, -0.2) is 34.9 Å². The van der Waals surface area contributed by atoms with Crippen molar-refractivity contribution < 1.29 is 9.84 Å². The third-order valence-corrected chi connectivity index (χ3v) is 6.07. The van der Waals surface area contributed by atoms with E-state index in [0.29, 0.717) is 17.3 Å². The number of hydrogen-bond donors (Lipinski definition) is 1. The van der Waals surface area contributed by atoms with Gasteiger partial charge in [0.2, 0.25) is 0 Å². The van der Waals surface area contributed by atoms with Crippen molar-refractivity contribution >= 4 is 11.8 Å². The summed E-state index contributed by atoms with van der Waals surface area (Å²) in [5.41, 5.74) is 0.457. The highest BCUT2D eigenvalue weighted by Gasteiger charge is 2.40. The molecule has 1 N–H and O–H groups in total. The van der Waals surface area contributed by atoms with E-state index in [2.05, 4.69) is 27.7 Å². The number of ether oxygens (including phenoxy) is 1. The largest absolute Gasteiger partial charge is 0.393 e. The van der Waals surface area contributed by atoms with Crippen LogP contribution in [0.4, 0.5) is 0 Å². The van der Waals surface area contributed by atoms with E-state index in [0.717, 1.165) is 25.9 Å². The lowest BCUT2D eigenvalue weighted by molar-refractivity contribution is -0.122. The number of aliphatic hydroxyl groups excluding tert-OH is 1. The Morgan fingerprint density at radius 2 is 1.95 bits per heavy atom. The predicted molar refractivity (Wildman–Crippen MR) is 91.8 cm³/mol. The molecule has 0 aliphatic carbocycles. The highest BCUT2D eigenvalue weighted by molar-refractivity contribution is 7.99. The Morgan fingerprint density at radius 3 is 2.57 bits per heavy atom. The molecule has 3 heteroatoms. The fraction of sp³-hybridized carbons (Fsp3) is 1.00. The summed E-state index contributed by atoms with van der Waals surface area (Å²) in [6.07, 6.45) is 6.48. The van der Waals surface area contributed by atoms with E-state index >= 15 is 0 Å². The summed E-state index contributed by atoms with van der Waals surface area (Å²) in [6, 6.07) is 0. The Bertz CT molecular complexity index is 312. The molecule has 2 saturated heterocycles. The van der Waals surface area contributed by atoms with Gasteiger partial charge in [0, 0.05) is 6.61 Å². The van der Waals surface area contributed by atoms with E-state index in [-0.39, 0.29) is 11.7 Å². The SMILES string of the molecule is CC(CC(O)C1CCOC2(CCSCC2)C1)CC(C)(C)C. The Morgan fingerprint density at radius 1 is 1.29 bits per heavy atom. The van der Waals surface area contributed by atoms with Gasteiger partial charge in [0.1, 0.15) is 0 Å². The summed E-state index contributed by atoms with van der Waals surface area (Å²) in [5.74, 6) is 3.50. The minimum atomic E-state index is -0.141. The number of rotatable bonds is 4. The lowest BCUT2D eigenvalue weighted by Crippen LogP contribution is -2.45. The van der Waals surface area contributed by atoms with E-state index in [1.54, 1.807) is 0 Å². The molecule has 0 aromatic carbocycles. The molecule has 2 rings (SSSR count). The second kappa shape index (κ2) is 7.23. The molecule has 0 saturated carbocycles. The van der Waals surface area contributed by atoms with Crippen molar-refractivity contribution in [2.75, 3.05) is 18.1 Å². The van der Waals surface area contributed by atoms with E-state index in [1.165, 1.54) is 30.8 Å². The van der Waals surface area contributed by atoms with Crippen LogP contribution >= 0.6 is 11.8 Å². The number of hydrogen-bond acceptors (Lipinski definition) is 3. The van der Waals surface area contributed by atoms with Gasteiger partial charge in [-0.3, -0.25) is 0 Å². The molecule has 3 unspecified atom stereocenters. The van der Waals surface area contributed by atoms with Crippen LogP contribution in [0.3, 0.4) is 0 Å². The molecular formula is C18H34O2S. The molecule has 0 aromatic rings. The third kappa shape index (κ3) is 5.44. The highest BCUT2D eigenvalue weighted by atomic mass is 32.2. The minimum Gasteiger partial charge on any atom is -0.393 e. The van der Waals surface area contributed by atoms with Crippen molar-refractivity contribution in [3.8, 4) is 0 Å². The van der Waals surface area contributed by atoms with Crippen LogP contribution in [0, 0.1) is 17.3 Å². The Balaban J connectivity index is 1.85. The number of aliphatic hydroxyl groups is 1. The smallest absolute Gasteiger partial charge is 0.0701 e. The minimum absolute atomic E-state index is 0.0996. The zero-order valence-corrected chi connectivity index (χ0v) is 15.2. The molecule has 1 spiro atoms. The molecule has 0 amide bonds. The van der Waals surface area contributed by atoms with Crippen molar-refractivity contribution in [1.82, 2.24) is 0 Å². The van der Waals surface area contributed by atoms with E-state index < -0.39 is 0 Å². The Hall–Kier alpha value is 0.270. The van der Waals surface area contributed by atoms with Crippen LogP contribution in [0.25, 0.3) is 0 Å². The molecule has 2 fully saturated rings. The zero-order valence-electron chi connectivity index (χ0n) is 14.4. The standard InChI is InChI=1S/C18H34O2S/c1-14(12-17(2,3)4)11-16(19)15-5-8-20-18(13-15)6-9-21-10-7-18/h14-16,19H,5-13H2,1-4H3. The summed E-state index contributed by atoms with van der Waals surface area (Å²) >= 11 is 2.05. The molecule has 124 valence electrons. The fourth-order valence-corrected chi connectivity index (χ4v) is 5.46. The zero-order chi connectivity index (χ0) is 15.5. The van der Waals surface area contributed by atoms with Crippen LogP contribution in [0.2, 0.25) is 0 Å². The van der Waals surface area contributed by atoms with Crippen LogP contribution in [0.15, 0.2) is 0 Å². The first-order valence-corrected chi connectivity index (χ1v) is 9.85. The van der Waals surface area contributed by atoms with E-state index in [4.69, 9.17) is 4.74 Å². The summed E-state index contributed by atoms with van der Waals surface area (Å²) in [6.45, 7) is 10.0. The second-order valence-electron chi connectivity index (χ2n) is 8.57. The van der Waals surface area contributed by atoms with Crippen molar-refractivity contribution in [3.05, 3.63) is 0 Å². The van der Waals surface area contributed by atoms with Gasteiger partial charge in [-0.2, -0.15) is 11.8 Å². The van der Waals surface area contributed by atoms with Crippen molar-refractivity contribution in [2.45, 2.75) is 77.9 Å². The average molecular weight is 315 g/mol. The van der Waals surface area contributed by atoms with Gasteiger partial charge in [-0.15, -0.1) is 0 Å². The van der Waals surface area contributed by atoms with Gasteiger partial charge in [-0.25, -0.2) is 0 Å². The predicted octanol–water partition coefficient (Wildman–Crippen LogP) is 4.50. The lowest BCUT2D eigenvalue weighted by atomic mass is 9.76. The topological polar surface area (TPSA) is 29.5 Å². The molecule has 2 aliphatic rings. The first-order valence-electron chi connectivity index (χ1n) is 8.69. The van der Waals surface area contributed by atoms with Crippen LogP contribution < -0.4 is 0 Å². The van der Waals surface area contributed by atoms with Gasteiger partial charge >= 0.3 is 0 Å². The van der Waals surface area contributed by atoms with Gasteiger partial charge in [-0.05, 0) is 67.3 Å². The summed E-state index contributed by atoms with van der Waals surface area (Å²) < 4.78 is 6.15. The molecule has 2 aliphatic heterocycles. The fourth-order valence-electron chi connectivity index (χ4n) is 4.22. The molecule has 2 nitrogen and oxygen atoms in total. The molecule has 3 atom stereocenters. The molecular weight excluding hydrogens is 280 g/mol. The maximum absolute atomic E-state index is 10.7. The maximum atomic E-state index is 10.7. The highest BCUT2D eigenvalue weighted by Crippen LogP contribution is 2.41. The monoisotopic (exact) mass is 314 g/mol. The molecule has 0 aromatic heterocycles. The van der Waals surface area contributed by atoms with Crippen LogP contribution in [-0.2, 0) is 4.74 Å². The Labute approximate surface area is 135 Å². The van der Waals surface area contributed by atoms with Crippen molar-refractivity contribution in [3.63, 3.8) is 0 Å². The van der Waals surface area contributed by atoms with Gasteiger partial charge in [0.05, 0.1) is 11.7 Å². The van der Waals surface area contributed by atoms with Gasteiger partial charge in [0.25, 0.3) is 0 Å².